The van der Waals surface area contributed by atoms with Crippen LogP contribution in [-0.2, 0) is 4.79 Å². The molecule has 1 atom stereocenters. The fraction of sp³-hybridized carbons (Fsp3) is 0.182. The zero-order valence-electron chi connectivity index (χ0n) is 7.88. The summed E-state index contributed by atoms with van der Waals surface area (Å²) in [4.78, 5) is 10.4. The van der Waals surface area contributed by atoms with Gasteiger partial charge in [0, 0.05) is 5.39 Å². The van der Waals surface area contributed by atoms with E-state index in [1.807, 2.05) is 18.2 Å². The monoisotopic (exact) mass is 206 g/mol. The summed E-state index contributed by atoms with van der Waals surface area (Å²) in [6.07, 6.45) is -1.44. The molecule has 0 aliphatic carbocycles. The first kappa shape index (κ1) is 9.73. The Balaban J connectivity index is 2.32. The number of benzene rings is 1. The highest BCUT2D eigenvalue weighted by atomic mass is 16.4. The maximum atomic E-state index is 10.4. The van der Waals surface area contributed by atoms with Gasteiger partial charge in [0.05, 0.1) is 6.42 Å². The van der Waals surface area contributed by atoms with E-state index in [0.717, 1.165) is 5.39 Å². The molecule has 0 saturated carbocycles. The van der Waals surface area contributed by atoms with Gasteiger partial charge in [-0.2, -0.15) is 0 Å². The van der Waals surface area contributed by atoms with Crippen LogP contribution in [0.5, 0.6) is 0 Å². The summed E-state index contributed by atoms with van der Waals surface area (Å²) in [6.45, 7) is 0. The number of aliphatic hydroxyl groups excluding tert-OH is 1. The van der Waals surface area contributed by atoms with E-state index in [0.29, 0.717) is 11.3 Å². The van der Waals surface area contributed by atoms with Gasteiger partial charge in [-0.3, -0.25) is 4.79 Å². The van der Waals surface area contributed by atoms with E-state index in [-0.39, 0.29) is 6.42 Å². The largest absolute Gasteiger partial charge is 0.481 e. The number of carbonyl (C=O) groups is 1. The number of para-hydroxylation sites is 1. The zero-order valence-corrected chi connectivity index (χ0v) is 7.88. The molecule has 0 bridgehead atoms. The Kier molecular flexibility index (Phi) is 2.43. The lowest BCUT2D eigenvalue weighted by Gasteiger charge is -2.02. The van der Waals surface area contributed by atoms with Crippen LogP contribution in [0.1, 0.15) is 18.3 Å². The summed E-state index contributed by atoms with van der Waals surface area (Å²) < 4.78 is 5.32. The molecule has 15 heavy (non-hydrogen) atoms. The second-order valence-corrected chi connectivity index (χ2v) is 3.30. The summed E-state index contributed by atoms with van der Waals surface area (Å²) in [5.41, 5.74) is 0.650. The highest BCUT2D eigenvalue weighted by molar-refractivity contribution is 5.78. The normalized spacial score (nSPS) is 12.9. The molecule has 0 amide bonds. The Labute approximate surface area is 85.8 Å². The average molecular weight is 206 g/mol. The molecule has 4 nitrogen and oxygen atoms in total. The molecular formula is C11H10O4. The first-order valence-corrected chi connectivity index (χ1v) is 4.55. The van der Waals surface area contributed by atoms with Gasteiger partial charge in [0.15, 0.2) is 0 Å². The summed E-state index contributed by atoms with van der Waals surface area (Å²) in [6, 6.07) is 8.94. The van der Waals surface area contributed by atoms with Crippen LogP contribution in [0, 0.1) is 0 Å². The summed E-state index contributed by atoms with van der Waals surface area (Å²) in [7, 11) is 0. The molecule has 0 radical (unpaired) electrons. The highest BCUT2D eigenvalue weighted by Crippen LogP contribution is 2.25. The van der Waals surface area contributed by atoms with Crippen molar-refractivity contribution >= 4 is 16.9 Å². The van der Waals surface area contributed by atoms with E-state index < -0.39 is 12.1 Å². The quantitative estimate of drug-likeness (QED) is 0.805. The van der Waals surface area contributed by atoms with Crippen LogP contribution in [-0.4, -0.2) is 16.2 Å². The van der Waals surface area contributed by atoms with Gasteiger partial charge in [0.1, 0.15) is 17.4 Å². The molecule has 2 N–H and O–H groups in total. The van der Waals surface area contributed by atoms with Gasteiger partial charge in [-0.1, -0.05) is 18.2 Å². The van der Waals surface area contributed by atoms with Crippen molar-refractivity contribution in [3.05, 3.63) is 36.1 Å². The van der Waals surface area contributed by atoms with Gasteiger partial charge in [-0.25, -0.2) is 0 Å². The van der Waals surface area contributed by atoms with Crippen LogP contribution in [0.15, 0.2) is 34.7 Å². The molecule has 0 aliphatic heterocycles. The van der Waals surface area contributed by atoms with Crippen LogP contribution < -0.4 is 0 Å². The van der Waals surface area contributed by atoms with Crippen LogP contribution in [0.25, 0.3) is 11.0 Å². The third kappa shape index (κ3) is 1.99. The van der Waals surface area contributed by atoms with E-state index in [9.17, 15) is 9.90 Å². The van der Waals surface area contributed by atoms with Crippen molar-refractivity contribution in [1.82, 2.24) is 0 Å². The molecule has 1 aromatic heterocycles. The van der Waals surface area contributed by atoms with Crippen LogP contribution in [0.4, 0.5) is 0 Å². The molecule has 2 aromatic rings. The van der Waals surface area contributed by atoms with E-state index in [1.54, 1.807) is 12.1 Å². The van der Waals surface area contributed by atoms with Gasteiger partial charge in [0.25, 0.3) is 0 Å². The number of fused-ring (bicyclic) bond motifs is 1. The average Bonchev–Trinajstić information content (AvgIpc) is 2.59. The molecule has 0 saturated heterocycles. The lowest BCUT2D eigenvalue weighted by atomic mass is 10.2. The van der Waals surface area contributed by atoms with Crippen LogP contribution in [0.2, 0.25) is 0 Å². The van der Waals surface area contributed by atoms with E-state index in [1.165, 1.54) is 0 Å². The number of furan rings is 1. The minimum atomic E-state index is -1.09. The first-order chi connectivity index (χ1) is 7.16. The zero-order chi connectivity index (χ0) is 10.8. The van der Waals surface area contributed by atoms with Gasteiger partial charge in [0.2, 0.25) is 0 Å². The Morgan fingerprint density at radius 1 is 1.40 bits per heavy atom. The predicted octanol–water partition coefficient (Wildman–Crippen LogP) is 1.94. The smallest absolute Gasteiger partial charge is 0.306 e. The van der Waals surface area contributed by atoms with Crippen molar-refractivity contribution in [2.24, 2.45) is 0 Å². The van der Waals surface area contributed by atoms with E-state index in [4.69, 9.17) is 9.52 Å². The topological polar surface area (TPSA) is 70.7 Å². The number of rotatable bonds is 3. The molecule has 1 heterocycles. The maximum Gasteiger partial charge on any atom is 0.306 e. The van der Waals surface area contributed by atoms with Crippen molar-refractivity contribution in [3.8, 4) is 0 Å². The van der Waals surface area contributed by atoms with Crippen molar-refractivity contribution in [3.63, 3.8) is 0 Å². The van der Waals surface area contributed by atoms with Crippen molar-refractivity contribution < 1.29 is 19.4 Å². The summed E-state index contributed by atoms with van der Waals surface area (Å²) in [5.74, 6) is -0.762. The number of hydrogen-bond donors (Lipinski definition) is 2. The van der Waals surface area contributed by atoms with Crippen molar-refractivity contribution in [1.29, 1.82) is 0 Å². The van der Waals surface area contributed by atoms with E-state index >= 15 is 0 Å². The van der Waals surface area contributed by atoms with Gasteiger partial charge < -0.3 is 14.6 Å². The number of aliphatic hydroxyl groups is 1. The van der Waals surface area contributed by atoms with Crippen molar-refractivity contribution in [2.45, 2.75) is 12.5 Å². The minimum Gasteiger partial charge on any atom is -0.481 e. The summed E-state index contributed by atoms with van der Waals surface area (Å²) in [5, 5.41) is 18.9. The fourth-order valence-electron chi connectivity index (χ4n) is 1.43. The molecule has 2 rings (SSSR count). The Hall–Kier alpha value is -1.81. The lowest BCUT2D eigenvalue weighted by molar-refractivity contribution is -0.139. The highest BCUT2D eigenvalue weighted by Gasteiger charge is 2.16. The maximum absolute atomic E-state index is 10.4. The van der Waals surface area contributed by atoms with Crippen LogP contribution >= 0.6 is 0 Å². The molecular weight excluding hydrogens is 196 g/mol. The molecule has 1 aromatic carbocycles. The lowest BCUT2D eigenvalue weighted by Crippen LogP contribution is -2.04. The molecule has 0 fully saturated rings. The van der Waals surface area contributed by atoms with Gasteiger partial charge >= 0.3 is 5.97 Å². The van der Waals surface area contributed by atoms with Gasteiger partial charge in [-0.15, -0.1) is 0 Å². The van der Waals surface area contributed by atoms with Crippen molar-refractivity contribution in [2.75, 3.05) is 0 Å². The molecule has 78 valence electrons. The third-order valence-electron chi connectivity index (χ3n) is 2.14. The fourth-order valence-corrected chi connectivity index (χ4v) is 1.43. The SMILES string of the molecule is O=C(O)CC(O)c1cc2ccccc2o1. The van der Waals surface area contributed by atoms with E-state index in [2.05, 4.69) is 0 Å². The van der Waals surface area contributed by atoms with Gasteiger partial charge in [-0.05, 0) is 12.1 Å². The minimum absolute atomic E-state index is 0.290. The standard InChI is InChI=1S/C11H10O4/c12-8(6-11(13)14)10-5-7-3-1-2-4-9(7)15-10/h1-5,8,12H,6H2,(H,13,14). The summed E-state index contributed by atoms with van der Waals surface area (Å²) >= 11 is 0. The molecule has 4 heteroatoms. The third-order valence-corrected chi connectivity index (χ3v) is 2.14. The Bertz CT molecular complexity index is 453. The Morgan fingerprint density at radius 3 is 2.80 bits per heavy atom. The number of hydrogen-bond acceptors (Lipinski definition) is 3. The molecule has 1 unspecified atom stereocenters. The number of carboxylic acids is 1. The van der Waals surface area contributed by atoms with Crippen LogP contribution in [0.3, 0.4) is 0 Å². The number of carboxylic acid groups (broad SMARTS) is 1. The predicted molar refractivity (Wildman–Crippen MR) is 53.4 cm³/mol. The molecule has 0 spiro atoms. The number of aliphatic carboxylic acids is 1. The second kappa shape index (κ2) is 3.74. The first-order valence-electron chi connectivity index (χ1n) is 4.55. The second-order valence-electron chi connectivity index (χ2n) is 3.30. The molecule has 0 aliphatic rings. The Morgan fingerprint density at radius 2 is 2.13 bits per heavy atom.